The van der Waals surface area contributed by atoms with E-state index in [1.165, 1.54) is 0 Å². The van der Waals surface area contributed by atoms with Crippen LogP contribution in [0, 0.1) is 0 Å². The summed E-state index contributed by atoms with van der Waals surface area (Å²) >= 11 is 0. The highest BCUT2D eigenvalue weighted by Crippen LogP contribution is 2.20. The summed E-state index contributed by atoms with van der Waals surface area (Å²) in [5.41, 5.74) is 3.08. The molecule has 78 valence electrons. The quantitative estimate of drug-likeness (QED) is 0.726. The molecule has 0 spiro atoms. The third kappa shape index (κ3) is 3.22. The smallest absolute Gasteiger partial charge is 0.183 e. The lowest BCUT2D eigenvalue weighted by molar-refractivity contribution is 0.315. The first-order valence-electron chi connectivity index (χ1n) is 4.76. The van der Waals surface area contributed by atoms with E-state index in [9.17, 15) is 0 Å². The lowest BCUT2D eigenvalue weighted by Crippen LogP contribution is -2.21. The van der Waals surface area contributed by atoms with Gasteiger partial charge in [-0.2, -0.15) is 0 Å². The van der Waals surface area contributed by atoms with Crippen molar-refractivity contribution in [2.24, 2.45) is 0 Å². The number of anilines is 1. The molecule has 0 aromatic carbocycles. The summed E-state index contributed by atoms with van der Waals surface area (Å²) in [5, 5.41) is 1.83. The number of nitrogens with one attached hydrogen (secondary N) is 1. The fourth-order valence-electron chi connectivity index (χ4n) is 1.01. The SMILES string of the molecule is CCCOc1cccnc1NN(C)C. The molecule has 0 bridgehead atoms. The molecule has 1 heterocycles. The van der Waals surface area contributed by atoms with E-state index >= 15 is 0 Å². The minimum atomic E-state index is 0.716. The Hall–Kier alpha value is -1.29. The first kappa shape index (κ1) is 10.8. The number of hydrogen-bond donors (Lipinski definition) is 1. The van der Waals surface area contributed by atoms with Crippen molar-refractivity contribution in [1.29, 1.82) is 0 Å². The van der Waals surface area contributed by atoms with Gasteiger partial charge in [0.2, 0.25) is 0 Å². The van der Waals surface area contributed by atoms with Crippen LogP contribution in [0.3, 0.4) is 0 Å². The summed E-state index contributed by atoms with van der Waals surface area (Å²) in [6, 6.07) is 3.78. The zero-order valence-corrected chi connectivity index (χ0v) is 8.95. The molecule has 4 heteroatoms. The van der Waals surface area contributed by atoms with Crippen LogP contribution in [0.5, 0.6) is 5.75 Å². The van der Waals surface area contributed by atoms with Crippen LogP contribution in [0.2, 0.25) is 0 Å². The number of hydrogen-bond acceptors (Lipinski definition) is 4. The Bertz CT molecular complexity index is 276. The zero-order chi connectivity index (χ0) is 10.4. The van der Waals surface area contributed by atoms with Crippen LogP contribution in [0.4, 0.5) is 5.82 Å². The van der Waals surface area contributed by atoms with Gasteiger partial charge in [0.1, 0.15) is 0 Å². The molecule has 4 nitrogen and oxygen atoms in total. The number of ether oxygens (including phenoxy) is 1. The molecule has 14 heavy (non-hydrogen) atoms. The van der Waals surface area contributed by atoms with Crippen LogP contribution in [0.1, 0.15) is 13.3 Å². The summed E-state index contributed by atoms with van der Waals surface area (Å²) in [5.74, 6) is 1.55. The molecule has 1 aromatic heterocycles. The van der Waals surface area contributed by atoms with Crippen LogP contribution < -0.4 is 10.2 Å². The fourth-order valence-corrected chi connectivity index (χ4v) is 1.01. The van der Waals surface area contributed by atoms with Crippen LogP contribution in [-0.4, -0.2) is 30.7 Å². The Labute approximate surface area is 84.9 Å². The maximum absolute atomic E-state index is 5.54. The van der Waals surface area contributed by atoms with Crippen LogP contribution in [-0.2, 0) is 0 Å². The Balaban J connectivity index is 2.69. The number of rotatable bonds is 5. The van der Waals surface area contributed by atoms with Gasteiger partial charge in [-0.1, -0.05) is 6.92 Å². The number of hydrazine groups is 1. The van der Waals surface area contributed by atoms with Crippen molar-refractivity contribution in [3.63, 3.8) is 0 Å². The van der Waals surface area contributed by atoms with E-state index in [4.69, 9.17) is 4.74 Å². The molecule has 0 saturated carbocycles. The Morgan fingerprint density at radius 3 is 2.93 bits per heavy atom. The van der Waals surface area contributed by atoms with Gasteiger partial charge >= 0.3 is 0 Å². The van der Waals surface area contributed by atoms with Crippen molar-refractivity contribution in [3.05, 3.63) is 18.3 Å². The van der Waals surface area contributed by atoms with Crippen molar-refractivity contribution in [1.82, 2.24) is 9.99 Å². The van der Waals surface area contributed by atoms with Gasteiger partial charge in [-0.3, -0.25) is 0 Å². The van der Waals surface area contributed by atoms with Gasteiger partial charge in [0.25, 0.3) is 0 Å². The van der Waals surface area contributed by atoms with E-state index in [1.807, 2.05) is 31.2 Å². The monoisotopic (exact) mass is 195 g/mol. The topological polar surface area (TPSA) is 37.4 Å². The molecule has 0 aliphatic heterocycles. The average Bonchev–Trinajstić information content (AvgIpc) is 2.16. The van der Waals surface area contributed by atoms with Gasteiger partial charge in [-0.15, -0.1) is 0 Å². The normalized spacial score (nSPS) is 10.3. The Morgan fingerprint density at radius 2 is 2.29 bits per heavy atom. The largest absolute Gasteiger partial charge is 0.490 e. The van der Waals surface area contributed by atoms with Crippen molar-refractivity contribution < 1.29 is 4.74 Å². The third-order valence-corrected chi connectivity index (χ3v) is 1.56. The first-order chi connectivity index (χ1) is 6.74. The maximum atomic E-state index is 5.54. The van der Waals surface area contributed by atoms with Gasteiger partial charge in [0, 0.05) is 20.3 Å². The molecule has 0 unspecified atom stereocenters. The minimum absolute atomic E-state index is 0.716. The van der Waals surface area contributed by atoms with Crippen LogP contribution >= 0.6 is 0 Å². The third-order valence-electron chi connectivity index (χ3n) is 1.56. The zero-order valence-electron chi connectivity index (χ0n) is 8.95. The first-order valence-corrected chi connectivity index (χ1v) is 4.76. The highest BCUT2D eigenvalue weighted by molar-refractivity contribution is 5.48. The lowest BCUT2D eigenvalue weighted by Gasteiger charge is -2.15. The molecule has 0 atom stereocenters. The van der Waals surface area contributed by atoms with Gasteiger partial charge in [-0.05, 0) is 18.6 Å². The fraction of sp³-hybridized carbons (Fsp3) is 0.500. The van der Waals surface area contributed by atoms with Gasteiger partial charge in [0.05, 0.1) is 6.61 Å². The summed E-state index contributed by atoms with van der Waals surface area (Å²) < 4.78 is 5.54. The van der Waals surface area contributed by atoms with Crippen LogP contribution in [0.15, 0.2) is 18.3 Å². The van der Waals surface area contributed by atoms with E-state index in [-0.39, 0.29) is 0 Å². The second-order valence-corrected chi connectivity index (χ2v) is 3.20. The second kappa shape index (κ2) is 5.44. The molecule has 1 N–H and O–H groups in total. The molecule has 0 aliphatic rings. The highest BCUT2D eigenvalue weighted by atomic mass is 16.5. The van der Waals surface area contributed by atoms with Crippen molar-refractivity contribution in [2.45, 2.75) is 13.3 Å². The van der Waals surface area contributed by atoms with Crippen LogP contribution in [0.25, 0.3) is 0 Å². The van der Waals surface area contributed by atoms with Gasteiger partial charge in [-0.25, -0.2) is 9.99 Å². The van der Waals surface area contributed by atoms with E-state index in [0.717, 1.165) is 18.0 Å². The predicted molar refractivity (Wildman–Crippen MR) is 57.3 cm³/mol. The number of nitrogens with zero attached hydrogens (tertiary/aromatic N) is 2. The number of aromatic nitrogens is 1. The lowest BCUT2D eigenvalue weighted by atomic mass is 10.4. The molecular weight excluding hydrogens is 178 g/mol. The minimum Gasteiger partial charge on any atom is -0.490 e. The Morgan fingerprint density at radius 1 is 1.50 bits per heavy atom. The molecule has 1 rings (SSSR count). The highest BCUT2D eigenvalue weighted by Gasteiger charge is 2.03. The molecular formula is C10H17N3O. The summed E-state index contributed by atoms with van der Waals surface area (Å²) in [4.78, 5) is 4.19. The van der Waals surface area contributed by atoms with E-state index in [1.54, 1.807) is 6.20 Å². The number of pyridine rings is 1. The maximum Gasteiger partial charge on any atom is 0.183 e. The van der Waals surface area contributed by atoms with Gasteiger partial charge in [0.15, 0.2) is 11.6 Å². The van der Waals surface area contributed by atoms with E-state index < -0.39 is 0 Å². The van der Waals surface area contributed by atoms with E-state index in [0.29, 0.717) is 6.61 Å². The predicted octanol–water partition coefficient (Wildman–Crippen LogP) is 1.76. The molecule has 1 aromatic rings. The average molecular weight is 195 g/mol. The van der Waals surface area contributed by atoms with Crippen molar-refractivity contribution in [3.8, 4) is 5.75 Å². The molecule has 0 aliphatic carbocycles. The summed E-state index contributed by atoms with van der Waals surface area (Å²) in [7, 11) is 3.83. The second-order valence-electron chi connectivity index (χ2n) is 3.20. The Kier molecular flexibility index (Phi) is 4.19. The summed E-state index contributed by atoms with van der Waals surface area (Å²) in [6.45, 7) is 2.79. The van der Waals surface area contributed by atoms with Crippen molar-refractivity contribution >= 4 is 5.82 Å². The standard InChI is InChI=1S/C10H17N3O/c1-4-8-14-9-6-5-7-11-10(9)12-13(2)3/h5-7H,4,8H2,1-3H3,(H,11,12). The molecule has 0 saturated heterocycles. The van der Waals surface area contributed by atoms with Gasteiger partial charge < -0.3 is 10.2 Å². The molecule has 0 radical (unpaired) electrons. The summed E-state index contributed by atoms with van der Waals surface area (Å²) in [6.07, 6.45) is 2.74. The van der Waals surface area contributed by atoms with Crippen molar-refractivity contribution in [2.75, 3.05) is 26.1 Å². The molecule has 0 amide bonds. The molecule has 0 fully saturated rings. The van der Waals surface area contributed by atoms with E-state index in [2.05, 4.69) is 17.3 Å².